The second-order valence-electron chi connectivity index (χ2n) is 7.26. The summed E-state index contributed by atoms with van der Waals surface area (Å²) in [6.07, 6.45) is -0.391. The topological polar surface area (TPSA) is 58.7 Å². The zero-order valence-corrected chi connectivity index (χ0v) is 16.6. The number of piperidine rings is 1. The fourth-order valence-corrected chi connectivity index (χ4v) is 3.77. The molecule has 27 heavy (non-hydrogen) atoms. The molecule has 1 saturated heterocycles. The van der Waals surface area contributed by atoms with Crippen LogP contribution < -0.4 is 10.5 Å². The van der Waals surface area contributed by atoms with Gasteiger partial charge in [-0.2, -0.15) is 0 Å². The van der Waals surface area contributed by atoms with Gasteiger partial charge in [-0.05, 0) is 62.9 Å². The van der Waals surface area contributed by atoms with Crippen molar-refractivity contribution in [3.63, 3.8) is 0 Å². The monoisotopic (exact) mass is 430 g/mol. The lowest BCUT2D eigenvalue weighted by atomic mass is 9.68. The molecule has 0 amide bonds. The summed E-state index contributed by atoms with van der Waals surface area (Å²) in [5, 5.41) is 10.9. The minimum Gasteiger partial charge on any atom is -0.406 e. The van der Waals surface area contributed by atoms with Crippen LogP contribution in [0.25, 0.3) is 0 Å². The Morgan fingerprint density at radius 1 is 1.15 bits per heavy atom. The molecule has 2 aliphatic rings. The molecule has 0 aromatic heterocycles. The van der Waals surface area contributed by atoms with Gasteiger partial charge in [-0.15, -0.1) is 38.0 Å². The van der Waals surface area contributed by atoms with E-state index in [0.717, 1.165) is 50.8 Å². The lowest BCUT2D eigenvalue weighted by molar-refractivity contribution is -0.274. The van der Waals surface area contributed by atoms with Crippen LogP contribution in [-0.2, 0) is 0 Å². The Labute approximate surface area is 170 Å². The average Bonchev–Trinajstić information content (AvgIpc) is 2.52. The van der Waals surface area contributed by atoms with Crippen LogP contribution in [0.3, 0.4) is 0 Å². The van der Waals surface area contributed by atoms with Gasteiger partial charge in [0.1, 0.15) is 5.75 Å². The zero-order chi connectivity index (χ0) is 18.1. The van der Waals surface area contributed by atoms with Crippen molar-refractivity contribution in [3.8, 4) is 5.75 Å². The van der Waals surface area contributed by atoms with Gasteiger partial charge < -0.3 is 20.5 Å². The van der Waals surface area contributed by atoms with Gasteiger partial charge >= 0.3 is 6.36 Å². The standard InChI is InChI=1S/C18H25F3N2O2.2ClH/c19-18(20,21)25-15-4-2-13(3-5-15)16(17(24)8-1-9-17)12-23-10-6-14(22)7-11-23;;/h2-5,14,16,24H,1,6-12,22H2;2*1H. The van der Waals surface area contributed by atoms with Crippen LogP contribution in [-0.4, -0.2) is 47.6 Å². The summed E-state index contributed by atoms with van der Waals surface area (Å²) in [6, 6.07) is 6.16. The largest absolute Gasteiger partial charge is 0.573 e. The van der Waals surface area contributed by atoms with Crippen LogP contribution in [0.2, 0.25) is 0 Å². The molecule has 1 atom stereocenters. The summed E-state index contributed by atoms with van der Waals surface area (Å²) in [6.45, 7) is 2.48. The summed E-state index contributed by atoms with van der Waals surface area (Å²) in [5.74, 6) is -0.352. The van der Waals surface area contributed by atoms with Crippen molar-refractivity contribution in [2.75, 3.05) is 19.6 Å². The third-order valence-corrected chi connectivity index (χ3v) is 5.46. The maximum atomic E-state index is 12.3. The van der Waals surface area contributed by atoms with Crippen LogP contribution in [0.5, 0.6) is 5.75 Å². The molecule has 1 aromatic rings. The van der Waals surface area contributed by atoms with Crippen molar-refractivity contribution in [3.05, 3.63) is 29.8 Å². The Kier molecular flexibility index (Phi) is 8.69. The molecule has 4 nitrogen and oxygen atoms in total. The van der Waals surface area contributed by atoms with E-state index in [1.165, 1.54) is 12.1 Å². The van der Waals surface area contributed by atoms with Crippen molar-refractivity contribution < 1.29 is 23.0 Å². The Bertz CT molecular complexity index is 575. The first-order valence-corrected chi connectivity index (χ1v) is 8.81. The van der Waals surface area contributed by atoms with Gasteiger partial charge in [-0.1, -0.05) is 12.1 Å². The van der Waals surface area contributed by atoms with Crippen LogP contribution in [0, 0.1) is 0 Å². The van der Waals surface area contributed by atoms with Crippen molar-refractivity contribution in [2.24, 2.45) is 5.73 Å². The summed E-state index contributed by atoms with van der Waals surface area (Å²) in [5.41, 5.74) is 6.03. The smallest absolute Gasteiger partial charge is 0.406 e. The molecule has 9 heteroatoms. The summed E-state index contributed by atoms with van der Waals surface area (Å²) in [4.78, 5) is 2.30. The highest BCUT2D eigenvalue weighted by atomic mass is 35.5. The number of ether oxygens (including phenoxy) is 1. The number of rotatable bonds is 5. The maximum absolute atomic E-state index is 12.3. The number of nitrogens with two attached hydrogens (primary N) is 1. The molecule has 1 saturated carbocycles. The number of nitrogens with zero attached hydrogens (tertiary/aromatic N) is 1. The van der Waals surface area contributed by atoms with E-state index in [-0.39, 0.29) is 42.5 Å². The molecule has 1 heterocycles. The van der Waals surface area contributed by atoms with Crippen molar-refractivity contribution >= 4 is 24.8 Å². The van der Waals surface area contributed by atoms with E-state index in [4.69, 9.17) is 5.73 Å². The van der Waals surface area contributed by atoms with Crippen molar-refractivity contribution in [1.82, 2.24) is 4.90 Å². The SMILES string of the molecule is Cl.Cl.NC1CCN(CC(c2ccc(OC(F)(F)F)cc2)C2(O)CCC2)CC1. The first kappa shape index (κ1) is 24.3. The number of benzene rings is 1. The molecule has 0 radical (unpaired) electrons. The molecule has 1 aromatic carbocycles. The number of halogens is 5. The first-order chi connectivity index (χ1) is 11.8. The van der Waals surface area contributed by atoms with Gasteiger partial charge in [-0.3, -0.25) is 0 Å². The number of hydrogen-bond acceptors (Lipinski definition) is 4. The van der Waals surface area contributed by atoms with E-state index in [1.54, 1.807) is 12.1 Å². The second kappa shape index (κ2) is 9.65. The quantitative estimate of drug-likeness (QED) is 0.744. The highest BCUT2D eigenvalue weighted by molar-refractivity contribution is 5.85. The van der Waals surface area contributed by atoms with Gasteiger partial charge in [0.25, 0.3) is 0 Å². The Balaban J connectivity index is 0.00000182. The molecular formula is C18H27Cl2F3N2O2. The van der Waals surface area contributed by atoms with E-state index < -0.39 is 12.0 Å². The van der Waals surface area contributed by atoms with Gasteiger partial charge in [0, 0.05) is 18.5 Å². The van der Waals surface area contributed by atoms with E-state index in [2.05, 4.69) is 9.64 Å². The fourth-order valence-electron chi connectivity index (χ4n) is 3.77. The Morgan fingerprint density at radius 2 is 1.70 bits per heavy atom. The minimum absolute atomic E-state index is 0. The minimum atomic E-state index is -4.69. The van der Waals surface area contributed by atoms with E-state index >= 15 is 0 Å². The number of hydrogen-bond donors (Lipinski definition) is 2. The molecule has 1 aliphatic heterocycles. The highest BCUT2D eigenvalue weighted by Crippen LogP contribution is 2.44. The van der Waals surface area contributed by atoms with Gasteiger partial charge in [-0.25, -0.2) is 0 Å². The Hall–Kier alpha value is -0.730. The number of aliphatic hydroxyl groups is 1. The second-order valence-corrected chi connectivity index (χ2v) is 7.26. The van der Waals surface area contributed by atoms with Gasteiger partial charge in [0.2, 0.25) is 0 Å². The predicted molar refractivity (Wildman–Crippen MR) is 103 cm³/mol. The summed E-state index contributed by atoms with van der Waals surface area (Å²) >= 11 is 0. The van der Waals surface area contributed by atoms with E-state index in [1.807, 2.05) is 0 Å². The molecular weight excluding hydrogens is 404 g/mol. The third-order valence-electron chi connectivity index (χ3n) is 5.46. The van der Waals surface area contributed by atoms with E-state index in [0.29, 0.717) is 6.54 Å². The lowest BCUT2D eigenvalue weighted by Gasteiger charge is -2.46. The average molecular weight is 431 g/mol. The highest BCUT2D eigenvalue weighted by Gasteiger charge is 2.43. The molecule has 1 unspecified atom stereocenters. The van der Waals surface area contributed by atoms with Gasteiger partial charge in [0.15, 0.2) is 0 Å². The predicted octanol–water partition coefficient (Wildman–Crippen LogP) is 3.85. The molecule has 2 fully saturated rings. The normalized spacial score (nSPS) is 21.4. The molecule has 0 spiro atoms. The number of likely N-dealkylation sites (tertiary alicyclic amines) is 1. The summed E-state index contributed by atoms with van der Waals surface area (Å²) < 4.78 is 40.9. The molecule has 1 aliphatic carbocycles. The number of alkyl halides is 3. The van der Waals surface area contributed by atoms with Crippen molar-refractivity contribution in [2.45, 2.75) is 56.0 Å². The first-order valence-electron chi connectivity index (χ1n) is 8.81. The molecule has 3 N–H and O–H groups in total. The molecule has 0 bridgehead atoms. The van der Waals surface area contributed by atoms with Crippen LogP contribution in [0.1, 0.15) is 43.6 Å². The maximum Gasteiger partial charge on any atom is 0.573 e. The zero-order valence-electron chi connectivity index (χ0n) is 15.0. The van der Waals surface area contributed by atoms with Crippen LogP contribution in [0.4, 0.5) is 13.2 Å². The Morgan fingerprint density at radius 3 is 2.15 bits per heavy atom. The van der Waals surface area contributed by atoms with Gasteiger partial charge in [0.05, 0.1) is 5.60 Å². The summed E-state index contributed by atoms with van der Waals surface area (Å²) in [7, 11) is 0. The van der Waals surface area contributed by atoms with Crippen molar-refractivity contribution in [1.29, 1.82) is 0 Å². The van der Waals surface area contributed by atoms with Crippen LogP contribution >= 0.6 is 24.8 Å². The third kappa shape index (κ3) is 6.39. The molecule has 156 valence electrons. The van der Waals surface area contributed by atoms with E-state index in [9.17, 15) is 18.3 Å². The molecule has 3 rings (SSSR count). The lowest BCUT2D eigenvalue weighted by Crippen LogP contribution is -2.49. The van der Waals surface area contributed by atoms with Crippen LogP contribution in [0.15, 0.2) is 24.3 Å². The fraction of sp³-hybridized carbons (Fsp3) is 0.667.